The summed E-state index contributed by atoms with van der Waals surface area (Å²) in [6, 6.07) is 0. The Balaban J connectivity index is 1.81. The highest BCUT2D eigenvalue weighted by Gasteiger charge is 2.46. The highest BCUT2D eigenvalue weighted by atomic mass is 14.5. The van der Waals surface area contributed by atoms with Crippen LogP contribution >= 0.6 is 0 Å². The molecular weight excluding hydrogens is 264 g/mol. The summed E-state index contributed by atoms with van der Waals surface area (Å²) in [6.45, 7) is 12.4. The standard InChI is InChI=1S/C22H36/c1-15-13-16(2)18(4)20(14-15)10-9-19-7-6-12-22(5)17(3)8-11-21(19)22/h9-10,15-18,21H,6-8,11-14H2,1-5H3/b19-9+,20-10-/t15-,16-,17?,18?,21?,22?/m0/s1. The van der Waals surface area contributed by atoms with Crippen molar-refractivity contribution in [1.29, 1.82) is 0 Å². The number of rotatable bonds is 1. The third-order valence-corrected chi connectivity index (χ3v) is 7.75. The summed E-state index contributed by atoms with van der Waals surface area (Å²) < 4.78 is 0. The molecule has 22 heavy (non-hydrogen) atoms. The van der Waals surface area contributed by atoms with Gasteiger partial charge in [0.1, 0.15) is 0 Å². The van der Waals surface area contributed by atoms with Crippen molar-refractivity contribution in [1.82, 2.24) is 0 Å². The van der Waals surface area contributed by atoms with E-state index in [4.69, 9.17) is 0 Å². The van der Waals surface area contributed by atoms with Gasteiger partial charge in [-0.2, -0.15) is 0 Å². The predicted octanol–water partition coefficient (Wildman–Crippen LogP) is 6.78. The SMILES string of the molecule is CC1/C(=C\C=C2/CCCC3(C)C(C)CCC23)C[C@@H](C)C[C@@H]1C. The van der Waals surface area contributed by atoms with Gasteiger partial charge in [0.25, 0.3) is 0 Å². The molecule has 0 aromatic carbocycles. The van der Waals surface area contributed by atoms with Crippen LogP contribution in [0, 0.1) is 35.0 Å². The summed E-state index contributed by atoms with van der Waals surface area (Å²) in [6.07, 6.45) is 15.0. The van der Waals surface area contributed by atoms with Gasteiger partial charge in [-0.3, -0.25) is 0 Å². The Morgan fingerprint density at radius 2 is 1.73 bits per heavy atom. The average Bonchev–Trinajstić information content (AvgIpc) is 2.77. The normalized spacial score (nSPS) is 49.6. The number of hydrogen-bond donors (Lipinski definition) is 0. The van der Waals surface area contributed by atoms with Crippen LogP contribution in [0.1, 0.15) is 79.6 Å². The Labute approximate surface area is 138 Å². The average molecular weight is 301 g/mol. The zero-order valence-electron chi connectivity index (χ0n) is 15.5. The van der Waals surface area contributed by atoms with Crippen molar-refractivity contribution in [2.75, 3.05) is 0 Å². The maximum atomic E-state index is 2.57. The molecule has 3 fully saturated rings. The number of fused-ring (bicyclic) bond motifs is 1. The molecule has 0 saturated heterocycles. The topological polar surface area (TPSA) is 0 Å². The summed E-state index contributed by atoms with van der Waals surface area (Å²) in [4.78, 5) is 0. The van der Waals surface area contributed by atoms with Gasteiger partial charge >= 0.3 is 0 Å². The van der Waals surface area contributed by atoms with Crippen LogP contribution in [-0.2, 0) is 0 Å². The quantitative estimate of drug-likeness (QED) is 0.501. The van der Waals surface area contributed by atoms with Gasteiger partial charge in [0.05, 0.1) is 0 Å². The minimum absolute atomic E-state index is 0.599. The molecule has 0 aliphatic heterocycles. The summed E-state index contributed by atoms with van der Waals surface area (Å²) in [7, 11) is 0. The first kappa shape index (κ1) is 16.3. The highest BCUT2D eigenvalue weighted by molar-refractivity contribution is 5.26. The van der Waals surface area contributed by atoms with E-state index in [1.165, 1.54) is 44.9 Å². The second kappa shape index (κ2) is 6.17. The molecule has 6 atom stereocenters. The van der Waals surface area contributed by atoms with Crippen molar-refractivity contribution in [2.24, 2.45) is 35.0 Å². The monoisotopic (exact) mass is 300 g/mol. The van der Waals surface area contributed by atoms with Crippen LogP contribution in [0.5, 0.6) is 0 Å². The molecule has 0 radical (unpaired) electrons. The van der Waals surface area contributed by atoms with E-state index in [2.05, 4.69) is 46.8 Å². The molecule has 0 aromatic heterocycles. The first-order chi connectivity index (χ1) is 10.4. The molecule has 0 amide bonds. The van der Waals surface area contributed by atoms with Crippen LogP contribution < -0.4 is 0 Å². The van der Waals surface area contributed by atoms with E-state index >= 15 is 0 Å². The fraction of sp³-hybridized carbons (Fsp3) is 0.818. The number of allylic oxidation sites excluding steroid dienone is 4. The lowest BCUT2D eigenvalue weighted by Crippen LogP contribution is -2.32. The lowest BCUT2D eigenvalue weighted by Gasteiger charge is -2.41. The first-order valence-corrected chi connectivity index (χ1v) is 9.81. The van der Waals surface area contributed by atoms with Crippen molar-refractivity contribution >= 4 is 0 Å². The maximum Gasteiger partial charge on any atom is -0.0143 e. The molecule has 0 N–H and O–H groups in total. The van der Waals surface area contributed by atoms with Crippen molar-refractivity contribution in [2.45, 2.75) is 79.6 Å². The van der Waals surface area contributed by atoms with E-state index in [9.17, 15) is 0 Å². The minimum atomic E-state index is 0.599. The fourth-order valence-corrected chi connectivity index (χ4v) is 5.81. The van der Waals surface area contributed by atoms with Crippen molar-refractivity contribution < 1.29 is 0 Å². The summed E-state index contributed by atoms with van der Waals surface area (Å²) >= 11 is 0. The van der Waals surface area contributed by atoms with Gasteiger partial charge in [0.2, 0.25) is 0 Å². The molecule has 3 aliphatic rings. The number of hydrogen-bond acceptors (Lipinski definition) is 0. The minimum Gasteiger partial charge on any atom is -0.0669 e. The van der Waals surface area contributed by atoms with E-state index in [1.807, 2.05) is 0 Å². The third kappa shape index (κ3) is 2.83. The zero-order chi connectivity index (χ0) is 15.9. The molecule has 0 aromatic rings. The summed E-state index contributed by atoms with van der Waals surface area (Å²) in [5.74, 6) is 4.31. The molecule has 124 valence electrons. The molecule has 0 heterocycles. The van der Waals surface area contributed by atoms with Crippen LogP contribution in [0.3, 0.4) is 0 Å². The Hall–Kier alpha value is -0.520. The van der Waals surface area contributed by atoms with E-state index in [-0.39, 0.29) is 0 Å². The molecule has 0 nitrogen and oxygen atoms in total. The molecule has 3 rings (SSSR count). The molecule has 4 unspecified atom stereocenters. The van der Waals surface area contributed by atoms with Gasteiger partial charge in [-0.25, -0.2) is 0 Å². The van der Waals surface area contributed by atoms with Crippen molar-refractivity contribution in [3.63, 3.8) is 0 Å². The Bertz CT molecular complexity index is 468. The smallest absolute Gasteiger partial charge is 0.0143 e. The van der Waals surface area contributed by atoms with Crippen LogP contribution in [0.2, 0.25) is 0 Å². The first-order valence-electron chi connectivity index (χ1n) is 9.81. The Morgan fingerprint density at radius 3 is 2.50 bits per heavy atom. The third-order valence-electron chi connectivity index (χ3n) is 7.75. The van der Waals surface area contributed by atoms with E-state index in [0.717, 1.165) is 29.6 Å². The molecule has 0 spiro atoms. The largest absolute Gasteiger partial charge is 0.0669 e. The van der Waals surface area contributed by atoms with Crippen molar-refractivity contribution in [3.8, 4) is 0 Å². The zero-order valence-corrected chi connectivity index (χ0v) is 15.5. The van der Waals surface area contributed by atoms with Gasteiger partial charge in [0.15, 0.2) is 0 Å². The Morgan fingerprint density at radius 1 is 1.00 bits per heavy atom. The molecule has 3 aliphatic carbocycles. The van der Waals surface area contributed by atoms with Crippen LogP contribution in [0.4, 0.5) is 0 Å². The van der Waals surface area contributed by atoms with Gasteiger partial charge in [0, 0.05) is 0 Å². The molecule has 0 heteroatoms. The van der Waals surface area contributed by atoms with Gasteiger partial charge in [-0.05, 0) is 80.0 Å². The van der Waals surface area contributed by atoms with Crippen LogP contribution in [-0.4, -0.2) is 0 Å². The highest BCUT2D eigenvalue weighted by Crippen LogP contribution is 2.57. The molecular formula is C22H36. The van der Waals surface area contributed by atoms with Gasteiger partial charge in [-0.15, -0.1) is 0 Å². The second-order valence-corrected chi connectivity index (χ2v) is 9.18. The Kier molecular flexibility index (Phi) is 4.59. The summed E-state index contributed by atoms with van der Waals surface area (Å²) in [5, 5.41) is 0. The lowest BCUT2D eigenvalue weighted by molar-refractivity contribution is 0.147. The fourth-order valence-electron chi connectivity index (χ4n) is 5.81. The summed E-state index contributed by atoms with van der Waals surface area (Å²) in [5.41, 5.74) is 4.10. The van der Waals surface area contributed by atoms with E-state index in [1.54, 1.807) is 11.1 Å². The van der Waals surface area contributed by atoms with Crippen molar-refractivity contribution in [3.05, 3.63) is 23.3 Å². The van der Waals surface area contributed by atoms with Crippen LogP contribution in [0.15, 0.2) is 23.3 Å². The molecule has 0 bridgehead atoms. The van der Waals surface area contributed by atoms with E-state index in [0.29, 0.717) is 5.41 Å². The molecule has 3 saturated carbocycles. The van der Waals surface area contributed by atoms with Gasteiger partial charge < -0.3 is 0 Å². The maximum absolute atomic E-state index is 2.57. The predicted molar refractivity (Wildman–Crippen MR) is 96.7 cm³/mol. The van der Waals surface area contributed by atoms with Gasteiger partial charge in [-0.1, -0.05) is 57.9 Å². The lowest BCUT2D eigenvalue weighted by atomic mass is 9.64. The van der Waals surface area contributed by atoms with Crippen LogP contribution in [0.25, 0.3) is 0 Å². The van der Waals surface area contributed by atoms with E-state index < -0.39 is 0 Å². The second-order valence-electron chi connectivity index (χ2n) is 9.18.